The van der Waals surface area contributed by atoms with Crippen LogP contribution in [0.25, 0.3) is 0 Å². The Kier molecular flexibility index (Phi) is 3.99. The Morgan fingerprint density at radius 3 is 2.31 bits per heavy atom. The van der Waals surface area contributed by atoms with E-state index in [0.717, 1.165) is 0 Å². The molecule has 0 spiro atoms. The predicted octanol–water partition coefficient (Wildman–Crippen LogP) is 1.65. The number of carboxylic acid groups (broad SMARTS) is 1. The summed E-state index contributed by atoms with van der Waals surface area (Å²) < 4.78 is 12.7. The Morgan fingerprint density at radius 2 is 1.88 bits per heavy atom. The highest BCUT2D eigenvalue weighted by Gasteiger charge is 2.16. The summed E-state index contributed by atoms with van der Waals surface area (Å²) >= 11 is 0. The van der Waals surface area contributed by atoms with Crippen molar-refractivity contribution in [2.45, 2.75) is 13.3 Å². The van der Waals surface area contributed by atoms with Crippen LogP contribution in [0.15, 0.2) is 24.3 Å². The van der Waals surface area contributed by atoms with E-state index in [1.165, 1.54) is 29.2 Å². The van der Waals surface area contributed by atoms with Gasteiger partial charge in [0.25, 0.3) is 0 Å². The first-order valence-corrected chi connectivity index (χ1v) is 4.82. The third-order valence-corrected chi connectivity index (χ3v) is 2.06. The average Bonchev–Trinajstić information content (AvgIpc) is 2.21. The summed E-state index contributed by atoms with van der Waals surface area (Å²) in [5, 5.41) is 8.51. The Bertz CT molecular complexity index is 389. The maximum Gasteiger partial charge on any atom is 0.312 e. The van der Waals surface area contributed by atoms with Gasteiger partial charge in [0, 0.05) is 12.2 Å². The summed E-state index contributed by atoms with van der Waals surface area (Å²) in [7, 11) is 0. The monoisotopic (exact) mass is 225 g/mol. The minimum atomic E-state index is -1.18. The predicted molar refractivity (Wildman–Crippen MR) is 56.7 cm³/mol. The van der Waals surface area contributed by atoms with E-state index in [0.29, 0.717) is 12.2 Å². The standard InChI is InChI=1S/C11H12FNO3/c1-2-13(10(14)7-11(15)16)9-5-3-8(12)4-6-9/h3-6H,2,7H2,1H3,(H,15,16). The van der Waals surface area contributed by atoms with Crippen molar-refractivity contribution in [3.8, 4) is 0 Å². The van der Waals surface area contributed by atoms with Crippen LogP contribution >= 0.6 is 0 Å². The van der Waals surface area contributed by atoms with Crippen LogP contribution in [0, 0.1) is 5.82 Å². The van der Waals surface area contributed by atoms with Gasteiger partial charge in [0.1, 0.15) is 12.2 Å². The SMILES string of the molecule is CCN(C(=O)CC(=O)O)c1ccc(F)cc1. The second-order valence-corrected chi connectivity index (χ2v) is 3.18. The molecule has 0 bridgehead atoms. The van der Waals surface area contributed by atoms with Crippen LogP contribution in [0.4, 0.5) is 10.1 Å². The van der Waals surface area contributed by atoms with Crippen molar-refractivity contribution in [2.75, 3.05) is 11.4 Å². The second kappa shape index (κ2) is 5.25. The third-order valence-electron chi connectivity index (χ3n) is 2.06. The molecule has 0 atom stereocenters. The lowest BCUT2D eigenvalue weighted by Gasteiger charge is -2.20. The number of aliphatic carboxylic acids is 1. The number of amides is 1. The van der Waals surface area contributed by atoms with E-state index >= 15 is 0 Å². The topological polar surface area (TPSA) is 57.6 Å². The molecule has 0 heterocycles. The Balaban J connectivity index is 2.85. The molecule has 86 valence electrons. The van der Waals surface area contributed by atoms with Crippen molar-refractivity contribution in [2.24, 2.45) is 0 Å². The molecular weight excluding hydrogens is 213 g/mol. The van der Waals surface area contributed by atoms with Crippen molar-refractivity contribution in [1.29, 1.82) is 0 Å². The molecular formula is C11H12FNO3. The maximum atomic E-state index is 12.7. The molecule has 0 aliphatic carbocycles. The molecule has 1 amide bonds. The highest BCUT2D eigenvalue weighted by molar-refractivity contribution is 6.02. The number of carboxylic acids is 1. The lowest BCUT2D eigenvalue weighted by molar-refractivity contribution is -0.140. The Labute approximate surface area is 92.3 Å². The zero-order chi connectivity index (χ0) is 12.1. The second-order valence-electron chi connectivity index (χ2n) is 3.18. The molecule has 0 aliphatic heterocycles. The van der Waals surface area contributed by atoms with E-state index in [4.69, 9.17) is 5.11 Å². The number of hydrogen-bond acceptors (Lipinski definition) is 2. The summed E-state index contributed by atoms with van der Waals surface area (Å²) in [5.74, 6) is -2.09. The number of hydrogen-bond donors (Lipinski definition) is 1. The average molecular weight is 225 g/mol. The quantitative estimate of drug-likeness (QED) is 0.793. The summed E-state index contributed by atoms with van der Waals surface area (Å²) in [6.07, 6.45) is -0.564. The molecule has 4 nitrogen and oxygen atoms in total. The van der Waals surface area contributed by atoms with Crippen LogP contribution in [-0.2, 0) is 9.59 Å². The van der Waals surface area contributed by atoms with Crippen molar-refractivity contribution in [1.82, 2.24) is 0 Å². The van der Waals surface area contributed by atoms with Crippen LogP contribution < -0.4 is 4.90 Å². The first-order chi connectivity index (χ1) is 7.54. The fourth-order valence-electron chi connectivity index (χ4n) is 1.35. The third kappa shape index (κ3) is 3.05. The first kappa shape index (κ1) is 12.2. The highest BCUT2D eigenvalue weighted by Crippen LogP contribution is 2.15. The molecule has 0 aromatic heterocycles. The van der Waals surface area contributed by atoms with Gasteiger partial charge >= 0.3 is 5.97 Å². The van der Waals surface area contributed by atoms with E-state index < -0.39 is 24.1 Å². The molecule has 1 rings (SSSR count). The molecule has 0 fully saturated rings. The molecule has 0 saturated heterocycles. The molecule has 1 N–H and O–H groups in total. The lowest BCUT2D eigenvalue weighted by atomic mass is 10.2. The lowest BCUT2D eigenvalue weighted by Crippen LogP contribution is -2.32. The molecule has 0 aliphatic rings. The minimum Gasteiger partial charge on any atom is -0.481 e. The maximum absolute atomic E-state index is 12.7. The van der Waals surface area contributed by atoms with Crippen molar-refractivity contribution in [3.63, 3.8) is 0 Å². The first-order valence-electron chi connectivity index (χ1n) is 4.82. The van der Waals surface area contributed by atoms with E-state index in [2.05, 4.69) is 0 Å². The fourth-order valence-corrected chi connectivity index (χ4v) is 1.35. The van der Waals surface area contributed by atoms with Crippen LogP contribution in [0.5, 0.6) is 0 Å². The van der Waals surface area contributed by atoms with Gasteiger partial charge in [-0.2, -0.15) is 0 Å². The summed E-state index contributed by atoms with van der Waals surface area (Å²) in [5.41, 5.74) is 0.496. The summed E-state index contributed by atoms with van der Waals surface area (Å²) in [4.78, 5) is 23.2. The number of halogens is 1. The number of benzene rings is 1. The van der Waals surface area contributed by atoms with E-state index in [9.17, 15) is 14.0 Å². The highest BCUT2D eigenvalue weighted by atomic mass is 19.1. The zero-order valence-electron chi connectivity index (χ0n) is 8.81. The Morgan fingerprint density at radius 1 is 1.31 bits per heavy atom. The van der Waals surface area contributed by atoms with Gasteiger partial charge in [-0.1, -0.05) is 0 Å². The van der Waals surface area contributed by atoms with Gasteiger partial charge in [0.15, 0.2) is 0 Å². The zero-order valence-corrected chi connectivity index (χ0v) is 8.81. The molecule has 1 aromatic carbocycles. The Hall–Kier alpha value is -1.91. The smallest absolute Gasteiger partial charge is 0.312 e. The van der Waals surface area contributed by atoms with Gasteiger partial charge in [0.2, 0.25) is 5.91 Å². The van der Waals surface area contributed by atoms with Crippen molar-refractivity contribution >= 4 is 17.6 Å². The normalized spacial score (nSPS) is 9.88. The van der Waals surface area contributed by atoms with Crippen molar-refractivity contribution in [3.05, 3.63) is 30.1 Å². The van der Waals surface area contributed by atoms with Gasteiger partial charge in [-0.15, -0.1) is 0 Å². The molecule has 5 heteroatoms. The number of anilines is 1. The summed E-state index contributed by atoms with van der Waals surface area (Å²) in [6.45, 7) is 2.07. The van der Waals surface area contributed by atoms with Gasteiger partial charge < -0.3 is 10.0 Å². The number of carbonyl (C=O) groups is 2. The largest absolute Gasteiger partial charge is 0.481 e. The fraction of sp³-hybridized carbons (Fsp3) is 0.273. The van der Waals surface area contributed by atoms with Crippen molar-refractivity contribution < 1.29 is 19.1 Å². The number of nitrogens with zero attached hydrogens (tertiary/aromatic N) is 1. The van der Waals surface area contributed by atoms with E-state index in [1.54, 1.807) is 6.92 Å². The molecule has 1 aromatic rings. The number of carbonyl (C=O) groups excluding carboxylic acids is 1. The van der Waals surface area contributed by atoms with Gasteiger partial charge in [-0.25, -0.2) is 4.39 Å². The van der Waals surface area contributed by atoms with Crippen LogP contribution in [0.3, 0.4) is 0 Å². The minimum absolute atomic E-state index is 0.345. The molecule has 0 radical (unpaired) electrons. The van der Waals surface area contributed by atoms with Gasteiger partial charge in [-0.05, 0) is 31.2 Å². The van der Waals surface area contributed by atoms with E-state index in [-0.39, 0.29) is 0 Å². The van der Waals surface area contributed by atoms with Gasteiger partial charge in [-0.3, -0.25) is 9.59 Å². The number of rotatable bonds is 4. The molecule has 16 heavy (non-hydrogen) atoms. The van der Waals surface area contributed by atoms with E-state index in [1.807, 2.05) is 0 Å². The molecule has 0 saturated carbocycles. The summed E-state index contributed by atoms with van der Waals surface area (Å²) in [6, 6.07) is 5.34. The van der Waals surface area contributed by atoms with Gasteiger partial charge in [0.05, 0.1) is 0 Å². The van der Waals surface area contributed by atoms with Crippen LogP contribution in [-0.4, -0.2) is 23.5 Å². The van der Waals surface area contributed by atoms with Crippen LogP contribution in [0.2, 0.25) is 0 Å². The molecule has 0 unspecified atom stereocenters. The van der Waals surface area contributed by atoms with Crippen LogP contribution in [0.1, 0.15) is 13.3 Å².